The zero-order chi connectivity index (χ0) is 20.3. The highest BCUT2D eigenvalue weighted by molar-refractivity contribution is 6.40. The van der Waals surface area contributed by atoms with Crippen LogP contribution in [0, 0.1) is 17.1 Å². The van der Waals surface area contributed by atoms with Crippen LogP contribution in [0.1, 0.15) is 41.6 Å². The van der Waals surface area contributed by atoms with Gasteiger partial charge in [0, 0.05) is 6.07 Å². The molecule has 0 aliphatic heterocycles. The Bertz CT molecular complexity index is 930. The van der Waals surface area contributed by atoms with Crippen molar-refractivity contribution in [1.82, 2.24) is 0 Å². The van der Waals surface area contributed by atoms with Crippen LogP contribution >= 0.6 is 23.2 Å². The molecule has 2 aromatic carbocycles. The van der Waals surface area contributed by atoms with Gasteiger partial charge in [-0.3, -0.25) is 4.79 Å². The lowest BCUT2D eigenvalue weighted by Gasteiger charge is -2.17. The highest BCUT2D eigenvalue weighted by Gasteiger charge is 2.23. The van der Waals surface area contributed by atoms with E-state index in [9.17, 15) is 9.18 Å². The first-order chi connectivity index (χ1) is 13.4. The van der Waals surface area contributed by atoms with Gasteiger partial charge in [-0.2, -0.15) is 5.26 Å². The van der Waals surface area contributed by atoms with Gasteiger partial charge in [0.05, 0.1) is 46.1 Å². The fraction of sp³-hybridized carbons (Fsp3) is 0.300. The molecule has 28 heavy (non-hydrogen) atoms. The van der Waals surface area contributed by atoms with Gasteiger partial charge in [-0.1, -0.05) is 23.2 Å². The monoisotopic (exact) mass is 422 g/mol. The van der Waals surface area contributed by atoms with Gasteiger partial charge in [0.2, 0.25) is 0 Å². The number of hydrogen-bond donors (Lipinski definition) is 1. The van der Waals surface area contributed by atoms with Crippen LogP contribution in [0.5, 0.6) is 11.5 Å². The average molecular weight is 423 g/mol. The number of ether oxygens (including phenoxy) is 2. The molecule has 1 N–H and O–H groups in total. The molecule has 0 radical (unpaired) electrons. The average Bonchev–Trinajstić information content (AvgIpc) is 3.18. The smallest absolute Gasteiger partial charge is 0.258 e. The normalized spacial score (nSPS) is 13.8. The summed E-state index contributed by atoms with van der Waals surface area (Å²) in [5, 5.41) is 11.6. The van der Waals surface area contributed by atoms with Crippen molar-refractivity contribution in [3.05, 3.63) is 51.3 Å². The van der Waals surface area contributed by atoms with Crippen molar-refractivity contribution in [1.29, 1.82) is 5.26 Å². The largest absolute Gasteiger partial charge is 0.493 e. The van der Waals surface area contributed by atoms with E-state index in [2.05, 4.69) is 5.32 Å². The Kier molecular flexibility index (Phi) is 6.28. The van der Waals surface area contributed by atoms with Gasteiger partial charge in [-0.05, 0) is 43.9 Å². The Hall–Kier alpha value is -2.49. The standard InChI is InChI=1S/C20H17Cl2FN2O3/c1-27-17-9-16(23)13(8-18(17)28-12-4-2-3-5-12)20(26)25-19-14(21)6-11(10-24)7-15(19)22/h6-9,12H,2-5H2,1H3,(H,25,26). The first kappa shape index (κ1) is 20.2. The van der Waals surface area contributed by atoms with E-state index in [1.807, 2.05) is 6.07 Å². The van der Waals surface area contributed by atoms with Crippen LogP contribution in [0.25, 0.3) is 0 Å². The van der Waals surface area contributed by atoms with Crippen LogP contribution in [0.4, 0.5) is 10.1 Å². The lowest BCUT2D eigenvalue weighted by Crippen LogP contribution is -2.16. The van der Waals surface area contributed by atoms with E-state index in [-0.39, 0.29) is 38.7 Å². The summed E-state index contributed by atoms with van der Waals surface area (Å²) < 4.78 is 25.6. The van der Waals surface area contributed by atoms with E-state index in [1.165, 1.54) is 25.3 Å². The van der Waals surface area contributed by atoms with Gasteiger partial charge in [-0.15, -0.1) is 0 Å². The number of benzene rings is 2. The molecule has 146 valence electrons. The maximum absolute atomic E-state index is 14.5. The van der Waals surface area contributed by atoms with Crippen LogP contribution in [0.15, 0.2) is 24.3 Å². The zero-order valence-electron chi connectivity index (χ0n) is 15.0. The second-order valence-corrected chi connectivity index (χ2v) is 7.20. The van der Waals surface area contributed by atoms with Gasteiger partial charge < -0.3 is 14.8 Å². The maximum atomic E-state index is 14.5. The molecule has 0 heterocycles. The van der Waals surface area contributed by atoms with E-state index in [1.54, 1.807) is 0 Å². The lowest BCUT2D eigenvalue weighted by atomic mass is 10.1. The Morgan fingerprint density at radius 2 is 1.82 bits per heavy atom. The molecule has 3 rings (SSSR count). The summed E-state index contributed by atoms with van der Waals surface area (Å²) in [7, 11) is 1.41. The molecule has 1 amide bonds. The molecule has 2 aromatic rings. The molecule has 0 unspecified atom stereocenters. The molecule has 1 fully saturated rings. The third kappa shape index (κ3) is 4.32. The summed E-state index contributed by atoms with van der Waals surface area (Å²) in [5.41, 5.74) is 0.113. The molecule has 1 aliphatic carbocycles. The van der Waals surface area contributed by atoms with Gasteiger partial charge in [-0.25, -0.2) is 4.39 Å². The van der Waals surface area contributed by atoms with E-state index in [4.69, 9.17) is 37.9 Å². The lowest BCUT2D eigenvalue weighted by molar-refractivity contribution is 0.102. The summed E-state index contributed by atoms with van der Waals surface area (Å²) >= 11 is 12.2. The number of hydrogen-bond acceptors (Lipinski definition) is 4. The van der Waals surface area contributed by atoms with Gasteiger partial charge >= 0.3 is 0 Å². The topological polar surface area (TPSA) is 71.3 Å². The van der Waals surface area contributed by atoms with Crippen LogP contribution in [0.3, 0.4) is 0 Å². The molecule has 5 nitrogen and oxygen atoms in total. The van der Waals surface area contributed by atoms with Crippen LogP contribution < -0.4 is 14.8 Å². The summed E-state index contributed by atoms with van der Waals surface area (Å²) in [6.45, 7) is 0. The van der Waals surface area contributed by atoms with Crippen LogP contribution in [0.2, 0.25) is 10.0 Å². The molecule has 0 bridgehead atoms. The minimum absolute atomic E-state index is 0.0117. The first-order valence-electron chi connectivity index (χ1n) is 8.67. The number of amides is 1. The van der Waals surface area contributed by atoms with Crippen molar-refractivity contribution >= 4 is 34.8 Å². The van der Waals surface area contributed by atoms with Crippen LogP contribution in [-0.2, 0) is 0 Å². The number of methoxy groups -OCH3 is 1. The molecular formula is C20H17Cl2FN2O3. The first-order valence-corrected chi connectivity index (χ1v) is 9.43. The molecular weight excluding hydrogens is 406 g/mol. The summed E-state index contributed by atoms with van der Waals surface area (Å²) in [6.07, 6.45) is 3.95. The summed E-state index contributed by atoms with van der Waals surface area (Å²) in [4.78, 5) is 12.7. The second kappa shape index (κ2) is 8.68. The third-order valence-corrected chi connectivity index (χ3v) is 5.10. The SMILES string of the molecule is COc1cc(F)c(C(=O)Nc2c(Cl)cc(C#N)cc2Cl)cc1OC1CCCC1. The Morgan fingerprint density at radius 3 is 2.39 bits per heavy atom. The van der Waals surface area contributed by atoms with Crippen molar-refractivity contribution in [3.63, 3.8) is 0 Å². The predicted molar refractivity (Wildman–Crippen MR) is 105 cm³/mol. The number of carbonyl (C=O) groups excluding carboxylic acids is 1. The summed E-state index contributed by atoms with van der Waals surface area (Å²) in [6, 6.07) is 7.06. The van der Waals surface area contributed by atoms with E-state index < -0.39 is 11.7 Å². The molecule has 1 aliphatic rings. The highest BCUT2D eigenvalue weighted by Crippen LogP contribution is 2.35. The Labute approximate surface area is 172 Å². The minimum Gasteiger partial charge on any atom is -0.493 e. The van der Waals surface area contributed by atoms with Crippen molar-refractivity contribution < 1.29 is 18.7 Å². The number of anilines is 1. The Morgan fingerprint density at radius 1 is 1.18 bits per heavy atom. The fourth-order valence-electron chi connectivity index (χ4n) is 3.08. The van der Waals surface area contributed by atoms with Crippen molar-refractivity contribution in [2.24, 2.45) is 0 Å². The Balaban J connectivity index is 1.90. The third-order valence-electron chi connectivity index (χ3n) is 4.50. The van der Waals surface area contributed by atoms with Crippen molar-refractivity contribution in [2.75, 3.05) is 12.4 Å². The number of carbonyl (C=O) groups is 1. The molecule has 8 heteroatoms. The zero-order valence-corrected chi connectivity index (χ0v) is 16.5. The molecule has 0 saturated heterocycles. The number of nitriles is 1. The molecule has 0 aromatic heterocycles. The van der Waals surface area contributed by atoms with Crippen molar-refractivity contribution in [2.45, 2.75) is 31.8 Å². The quantitative estimate of drug-likeness (QED) is 0.681. The summed E-state index contributed by atoms with van der Waals surface area (Å²) in [5.74, 6) is -0.993. The number of rotatable bonds is 5. The van der Waals surface area contributed by atoms with Gasteiger partial charge in [0.25, 0.3) is 5.91 Å². The number of halogens is 3. The molecule has 1 saturated carbocycles. The minimum atomic E-state index is -0.769. The predicted octanol–water partition coefficient (Wildman–Crippen LogP) is 5.59. The van der Waals surface area contributed by atoms with Crippen molar-refractivity contribution in [3.8, 4) is 17.6 Å². The molecule has 0 atom stereocenters. The fourth-order valence-corrected chi connectivity index (χ4v) is 3.67. The van der Waals surface area contributed by atoms with Gasteiger partial charge in [0.15, 0.2) is 11.5 Å². The van der Waals surface area contributed by atoms with Gasteiger partial charge in [0.1, 0.15) is 5.82 Å². The van der Waals surface area contributed by atoms with E-state index in [0.717, 1.165) is 31.7 Å². The number of nitrogens with one attached hydrogen (secondary N) is 1. The van der Waals surface area contributed by atoms with E-state index in [0.29, 0.717) is 5.75 Å². The van der Waals surface area contributed by atoms with Crippen LogP contribution in [-0.4, -0.2) is 19.1 Å². The highest BCUT2D eigenvalue weighted by atomic mass is 35.5. The van der Waals surface area contributed by atoms with E-state index >= 15 is 0 Å². The second-order valence-electron chi connectivity index (χ2n) is 6.39. The maximum Gasteiger partial charge on any atom is 0.258 e. The molecule has 0 spiro atoms. The number of nitrogens with zero attached hydrogens (tertiary/aromatic N) is 1.